The number of epoxide rings is 1. The summed E-state index contributed by atoms with van der Waals surface area (Å²) in [6.07, 6.45) is 1.75. The Labute approximate surface area is 200 Å². The molecule has 3 N–H and O–H groups in total. The molecule has 7 atom stereocenters. The molecule has 1 unspecified atom stereocenters. The molecule has 1 fully saturated rings. The van der Waals surface area contributed by atoms with E-state index in [0.717, 1.165) is 0 Å². The Morgan fingerprint density at radius 1 is 1.18 bits per heavy atom. The maximum atomic E-state index is 13.5. The van der Waals surface area contributed by atoms with Crippen molar-refractivity contribution < 1.29 is 34.1 Å². The molecule has 192 valence electrons. The molecular formula is C25H46O7Si. The lowest BCUT2D eigenvalue weighted by Crippen LogP contribution is -2.55. The molecule has 1 saturated heterocycles. The van der Waals surface area contributed by atoms with Gasteiger partial charge in [-0.2, -0.15) is 0 Å². The van der Waals surface area contributed by atoms with Gasteiger partial charge in [0.15, 0.2) is 8.32 Å². The molecule has 0 bridgehead atoms. The third-order valence-electron chi connectivity index (χ3n) is 7.44. The molecule has 0 amide bonds. The zero-order valence-electron chi connectivity index (χ0n) is 21.9. The SMILES string of the molecule is CC=C[C@H](C)[C@H]1OC1(C)[C@@H](O[Si](C)(C)C(C)(C)C)[C@@H](CO)C(=O)[C@H](CO)[C@H](O)CC(=O)CC. The van der Waals surface area contributed by atoms with Crippen molar-refractivity contribution >= 4 is 19.9 Å². The van der Waals surface area contributed by atoms with E-state index in [4.69, 9.17) is 9.16 Å². The molecule has 1 heterocycles. The summed E-state index contributed by atoms with van der Waals surface area (Å²) in [4.78, 5) is 25.4. The molecular weight excluding hydrogens is 440 g/mol. The number of carbonyl (C=O) groups is 2. The van der Waals surface area contributed by atoms with Crippen LogP contribution < -0.4 is 0 Å². The molecule has 0 saturated carbocycles. The van der Waals surface area contributed by atoms with Gasteiger partial charge in [0.2, 0.25) is 0 Å². The van der Waals surface area contributed by atoms with Gasteiger partial charge in [0, 0.05) is 18.8 Å². The molecule has 0 aliphatic carbocycles. The van der Waals surface area contributed by atoms with Crippen molar-refractivity contribution in [2.24, 2.45) is 17.8 Å². The van der Waals surface area contributed by atoms with Crippen LogP contribution in [0, 0.1) is 17.8 Å². The van der Waals surface area contributed by atoms with Crippen LogP contribution >= 0.6 is 0 Å². The van der Waals surface area contributed by atoms with E-state index < -0.39 is 57.0 Å². The van der Waals surface area contributed by atoms with Gasteiger partial charge in [-0.25, -0.2) is 0 Å². The highest BCUT2D eigenvalue weighted by Crippen LogP contribution is 2.50. The fourth-order valence-electron chi connectivity index (χ4n) is 4.13. The van der Waals surface area contributed by atoms with Gasteiger partial charge in [-0.05, 0) is 32.0 Å². The fourth-order valence-corrected chi connectivity index (χ4v) is 5.51. The minimum atomic E-state index is -2.39. The van der Waals surface area contributed by atoms with Gasteiger partial charge in [0.05, 0.1) is 43.4 Å². The van der Waals surface area contributed by atoms with Crippen molar-refractivity contribution in [2.45, 2.75) is 103 Å². The molecule has 0 aromatic carbocycles. The summed E-state index contributed by atoms with van der Waals surface area (Å²) in [6, 6.07) is 0. The zero-order valence-corrected chi connectivity index (χ0v) is 22.9. The molecule has 0 spiro atoms. The predicted octanol–water partition coefficient (Wildman–Crippen LogP) is 3.26. The number of allylic oxidation sites excluding steroid dienone is 1. The third kappa shape index (κ3) is 7.05. The molecule has 8 heteroatoms. The van der Waals surface area contributed by atoms with E-state index in [1.165, 1.54) is 0 Å². The van der Waals surface area contributed by atoms with Crippen molar-refractivity contribution in [3.8, 4) is 0 Å². The number of hydrogen-bond acceptors (Lipinski definition) is 7. The maximum absolute atomic E-state index is 13.5. The van der Waals surface area contributed by atoms with Crippen molar-refractivity contribution in [2.75, 3.05) is 13.2 Å². The van der Waals surface area contributed by atoms with E-state index in [-0.39, 0.29) is 35.7 Å². The molecule has 1 rings (SSSR count). The Kier molecular flexibility index (Phi) is 10.7. The summed E-state index contributed by atoms with van der Waals surface area (Å²) in [5.74, 6) is -2.80. The zero-order chi connectivity index (χ0) is 25.8. The van der Waals surface area contributed by atoms with E-state index >= 15 is 0 Å². The molecule has 1 aliphatic heterocycles. The van der Waals surface area contributed by atoms with Gasteiger partial charge in [0.1, 0.15) is 17.2 Å². The van der Waals surface area contributed by atoms with Crippen LogP contribution in [0.1, 0.15) is 61.3 Å². The van der Waals surface area contributed by atoms with Crippen LogP contribution in [0.3, 0.4) is 0 Å². The van der Waals surface area contributed by atoms with Crippen LogP contribution in [0.2, 0.25) is 18.1 Å². The molecule has 0 aromatic heterocycles. The predicted molar refractivity (Wildman–Crippen MR) is 131 cm³/mol. The summed E-state index contributed by atoms with van der Waals surface area (Å²) in [7, 11) is -2.39. The standard InChI is InChI=1S/C25H46O7Si/c1-10-12-16(3)22-25(7,31-22)23(32-33(8,9)24(4,5)6)19(15-27)21(30)18(14-26)20(29)13-17(28)11-2/h10,12,16,18-20,22-23,26-27,29H,11,13-15H2,1-9H3/t16-,18+,19-,20+,22+,23-,25?/m0/s1. The van der Waals surface area contributed by atoms with Gasteiger partial charge in [0.25, 0.3) is 0 Å². The Bertz CT molecular complexity index is 699. The van der Waals surface area contributed by atoms with E-state index in [1.54, 1.807) is 6.92 Å². The fraction of sp³-hybridized carbons (Fsp3) is 0.840. The lowest BCUT2D eigenvalue weighted by molar-refractivity contribution is -0.140. The van der Waals surface area contributed by atoms with Crippen LogP contribution in [-0.2, 0) is 18.8 Å². The highest BCUT2D eigenvalue weighted by molar-refractivity contribution is 6.74. The van der Waals surface area contributed by atoms with Crippen LogP contribution in [0.4, 0.5) is 0 Å². The molecule has 0 aromatic rings. The highest BCUT2D eigenvalue weighted by atomic mass is 28.4. The Hall–Kier alpha value is -0.903. The Balaban J connectivity index is 3.36. The number of ketones is 2. The maximum Gasteiger partial charge on any atom is 0.192 e. The molecule has 0 radical (unpaired) electrons. The Morgan fingerprint density at radius 2 is 1.73 bits per heavy atom. The van der Waals surface area contributed by atoms with Gasteiger partial charge in [-0.15, -0.1) is 0 Å². The number of aliphatic hydroxyl groups excluding tert-OH is 3. The first kappa shape index (κ1) is 30.1. The lowest BCUT2D eigenvalue weighted by Gasteiger charge is -2.43. The van der Waals surface area contributed by atoms with Crippen LogP contribution in [0.25, 0.3) is 0 Å². The van der Waals surface area contributed by atoms with Gasteiger partial charge in [-0.1, -0.05) is 46.8 Å². The number of aliphatic hydroxyl groups is 3. The first-order valence-corrected chi connectivity index (χ1v) is 15.0. The minimum Gasteiger partial charge on any atom is -0.410 e. The number of carbonyl (C=O) groups excluding carboxylic acids is 2. The van der Waals surface area contributed by atoms with Crippen LogP contribution in [-0.4, -0.2) is 72.3 Å². The third-order valence-corrected chi connectivity index (χ3v) is 11.9. The van der Waals surface area contributed by atoms with Crippen molar-refractivity contribution in [1.29, 1.82) is 0 Å². The van der Waals surface area contributed by atoms with Gasteiger partial charge in [-0.3, -0.25) is 9.59 Å². The lowest BCUT2D eigenvalue weighted by atomic mass is 9.79. The van der Waals surface area contributed by atoms with Gasteiger partial charge < -0.3 is 24.5 Å². The van der Waals surface area contributed by atoms with Crippen molar-refractivity contribution in [1.82, 2.24) is 0 Å². The summed E-state index contributed by atoms with van der Waals surface area (Å²) < 4.78 is 12.8. The van der Waals surface area contributed by atoms with E-state index in [0.29, 0.717) is 0 Å². The summed E-state index contributed by atoms with van der Waals surface area (Å²) >= 11 is 0. The minimum absolute atomic E-state index is 0.0846. The second-order valence-electron chi connectivity index (χ2n) is 11.1. The first-order valence-electron chi connectivity index (χ1n) is 12.0. The number of ether oxygens (including phenoxy) is 1. The van der Waals surface area contributed by atoms with Crippen molar-refractivity contribution in [3.05, 3.63) is 12.2 Å². The normalized spacial score (nSPS) is 26.0. The first-order chi connectivity index (χ1) is 15.1. The second kappa shape index (κ2) is 11.7. The smallest absolute Gasteiger partial charge is 0.192 e. The summed E-state index contributed by atoms with van der Waals surface area (Å²) in [6.45, 7) is 16.9. The molecule has 7 nitrogen and oxygen atoms in total. The average molecular weight is 487 g/mol. The van der Waals surface area contributed by atoms with Crippen LogP contribution in [0.5, 0.6) is 0 Å². The molecule has 1 aliphatic rings. The number of Topliss-reactive ketones (excluding diaryl/α,β-unsaturated/α-hetero) is 2. The van der Waals surface area contributed by atoms with Crippen molar-refractivity contribution in [3.63, 3.8) is 0 Å². The van der Waals surface area contributed by atoms with E-state index in [9.17, 15) is 24.9 Å². The second-order valence-corrected chi connectivity index (χ2v) is 15.8. The van der Waals surface area contributed by atoms with Crippen LogP contribution in [0.15, 0.2) is 12.2 Å². The number of rotatable bonds is 14. The topological polar surface area (TPSA) is 117 Å². The summed E-state index contributed by atoms with van der Waals surface area (Å²) in [5, 5.41) is 30.7. The van der Waals surface area contributed by atoms with Gasteiger partial charge >= 0.3 is 0 Å². The quantitative estimate of drug-likeness (QED) is 0.196. The average Bonchev–Trinajstić information content (AvgIpc) is 3.40. The highest BCUT2D eigenvalue weighted by Gasteiger charge is 2.64. The monoisotopic (exact) mass is 486 g/mol. The largest absolute Gasteiger partial charge is 0.410 e. The van der Waals surface area contributed by atoms with E-state index in [1.807, 2.05) is 32.9 Å². The number of hydrogen-bond donors (Lipinski definition) is 3. The molecule has 33 heavy (non-hydrogen) atoms. The van der Waals surface area contributed by atoms with E-state index in [2.05, 4.69) is 33.9 Å². The Morgan fingerprint density at radius 3 is 2.15 bits per heavy atom. The summed E-state index contributed by atoms with van der Waals surface area (Å²) in [5.41, 5.74) is -0.804.